The van der Waals surface area contributed by atoms with E-state index in [2.05, 4.69) is 22.0 Å². The lowest BCUT2D eigenvalue weighted by molar-refractivity contribution is 0.305. The van der Waals surface area contributed by atoms with Crippen LogP contribution in [0.15, 0.2) is 27.6 Å². The van der Waals surface area contributed by atoms with Crippen molar-refractivity contribution in [1.82, 2.24) is 4.31 Å². The largest absolute Gasteiger partial charge is 0.244 e. The smallest absolute Gasteiger partial charge is 0.207 e. The summed E-state index contributed by atoms with van der Waals surface area (Å²) in [5.41, 5.74) is 0. The molecule has 4 nitrogen and oxygen atoms in total. The lowest BCUT2D eigenvalue weighted by atomic mass is 10.0. The van der Waals surface area contributed by atoms with Crippen LogP contribution in [0.5, 0.6) is 0 Å². The van der Waals surface area contributed by atoms with Crippen LogP contribution in [-0.2, 0) is 10.0 Å². The predicted octanol–water partition coefficient (Wildman–Crippen LogP) is 3.03. The first-order chi connectivity index (χ1) is 8.95. The first-order valence-corrected chi connectivity index (χ1v) is 8.41. The number of nitriles is 1. The van der Waals surface area contributed by atoms with Gasteiger partial charge in [0.2, 0.25) is 10.0 Å². The predicted molar refractivity (Wildman–Crippen MR) is 76.2 cm³/mol. The Kier molecular flexibility index (Phi) is 4.51. The lowest BCUT2D eigenvalue weighted by Gasteiger charge is -2.29. The molecule has 19 heavy (non-hydrogen) atoms. The zero-order valence-electron chi connectivity index (χ0n) is 10.0. The second-order valence-electron chi connectivity index (χ2n) is 4.41. The maximum atomic E-state index is 12.5. The summed E-state index contributed by atoms with van der Waals surface area (Å²) in [6.07, 6.45) is 1.45. The summed E-state index contributed by atoms with van der Waals surface area (Å²) >= 11 is 9.25. The number of nitrogens with zero attached hydrogens (tertiary/aromatic N) is 2. The van der Waals surface area contributed by atoms with Gasteiger partial charge in [0.15, 0.2) is 0 Å². The number of rotatable bonds is 2. The zero-order chi connectivity index (χ0) is 14.0. The number of piperidine rings is 1. The van der Waals surface area contributed by atoms with Crippen molar-refractivity contribution in [3.63, 3.8) is 0 Å². The van der Waals surface area contributed by atoms with E-state index >= 15 is 0 Å². The zero-order valence-corrected chi connectivity index (χ0v) is 13.2. The fourth-order valence-corrected chi connectivity index (χ4v) is 4.62. The molecule has 1 aromatic carbocycles. The maximum Gasteiger partial charge on any atom is 0.244 e. The van der Waals surface area contributed by atoms with Crippen molar-refractivity contribution >= 4 is 37.6 Å². The Labute approximate surface area is 126 Å². The molecule has 0 spiro atoms. The van der Waals surface area contributed by atoms with Gasteiger partial charge in [0.25, 0.3) is 0 Å². The van der Waals surface area contributed by atoms with E-state index in [1.807, 2.05) is 0 Å². The van der Waals surface area contributed by atoms with Crippen molar-refractivity contribution in [3.05, 3.63) is 27.7 Å². The number of sulfonamides is 1. The van der Waals surface area contributed by atoms with E-state index in [9.17, 15) is 8.42 Å². The van der Waals surface area contributed by atoms with Crippen molar-refractivity contribution in [1.29, 1.82) is 5.26 Å². The fraction of sp³-hybridized carbons (Fsp3) is 0.417. The maximum absolute atomic E-state index is 12.5. The highest BCUT2D eigenvalue weighted by molar-refractivity contribution is 9.10. The van der Waals surface area contributed by atoms with Crippen LogP contribution in [0.25, 0.3) is 0 Å². The van der Waals surface area contributed by atoms with Gasteiger partial charge < -0.3 is 0 Å². The van der Waals surface area contributed by atoms with Gasteiger partial charge in [-0.15, -0.1) is 0 Å². The Morgan fingerprint density at radius 3 is 2.84 bits per heavy atom. The second-order valence-corrected chi connectivity index (χ2v) is 7.64. The Morgan fingerprint density at radius 1 is 1.47 bits per heavy atom. The third kappa shape index (κ3) is 3.11. The standard InChI is InChI=1S/C12H12BrClN2O2S/c13-10-3-4-12(11(14)6-10)19(17,18)16-5-1-2-9(7-15)8-16/h3-4,6,9H,1-2,5,8H2. The van der Waals surface area contributed by atoms with Crippen LogP contribution in [0.1, 0.15) is 12.8 Å². The number of hydrogen-bond donors (Lipinski definition) is 0. The van der Waals surface area contributed by atoms with Crippen LogP contribution >= 0.6 is 27.5 Å². The van der Waals surface area contributed by atoms with E-state index in [0.29, 0.717) is 13.0 Å². The van der Waals surface area contributed by atoms with Crippen LogP contribution in [0.2, 0.25) is 5.02 Å². The van der Waals surface area contributed by atoms with Crippen molar-refractivity contribution in [3.8, 4) is 6.07 Å². The average molecular weight is 364 g/mol. The molecule has 1 aliphatic rings. The molecule has 1 aliphatic heterocycles. The van der Waals surface area contributed by atoms with Crippen LogP contribution in [0, 0.1) is 17.2 Å². The van der Waals surface area contributed by atoms with E-state index < -0.39 is 10.0 Å². The van der Waals surface area contributed by atoms with Gasteiger partial charge in [0.05, 0.1) is 17.0 Å². The highest BCUT2D eigenvalue weighted by Crippen LogP contribution is 2.30. The molecule has 1 fully saturated rings. The highest BCUT2D eigenvalue weighted by atomic mass is 79.9. The molecule has 102 valence electrons. The molecule has 0 radical (unpaired) electrons. The van der Waals surface area contributed by atoms with Crippen LogP contribution in [-0.4, -0.2) is 25.8 Å². The Balaban J connectivity index is 2.34. The van der Waals surface area contributed by atoms with Gasteiger partial charge in [0.1, 0.15) is 4.90 Å². The number of hydrogen-bond acceptors (Lipinski definition) is 3. The molecule has 0 N–H and O–H groups in total. The minimum absolute atomic E-state index is 0.0935. The molecular weight excluding hydrogens is 352 g/mol. The Hall–Kier alpha value is -0.610. The monoisotopic (exact) mass is 362 g/mol. The van der Waals surface area contributed by atoms with Crippen molar-refractivity contribution < 1.29 is 8.42 Å². The molecule has 2 rings (SSSR count). The molecule has 1 heterocycles. The lowest BCUT2D eigenvalue weighted by Crippen LogP contribution is -2.39. The fourth-order valence-electron chi connectivity index (χ4n) is 2.09. The summed E-state index contributed by atoms with van der Waals surface area (Å²) in [6.45, 7) is 0.679. The molecule has 0 amide bonds. The van der Waals surface area contributed by atoms with Crippen LogP contribution < -0.4 is 0 Å². The van der Waals surface area contributed by atoms with Gasteiger partial charge in [-0.3, -0.25) is 0 Å². The minimum Gasteiger partial charge on any atom is -0.207 e. The van der Waals surface area contributed by atoms with Gasteiger partial charge in [-0.05, 0) is 31.0 Å². The van der Waals surface area contributed by atoms with Gasteiger partial charge in [-0.25, -0.2) is 8.42 Å². The third-order valence-corrected chi connectivity index (χ3v) is 5.92. The van der Waals surface area contributed by atoms with Crippen LogP contribution in [0.3, 0.4) is 0 Å². The normalized spacial score (nSPS) is 21.0. The summed E-state index contributed by atoms with van der Waals surface area (Å²) in [7, 11) is -3.62. The first kappa shape index (κ1) is 14.8. The quantitative estimate of drug-likeness (QED) is 0.811. The first-order valence-electron chi connectivity index (χ1n) is 5.80. The van der Waals surface area contributed by atoms with Crippen molar-refractivity contribution in [2.75, 3.05) is 13.1 Å². The highest BCUT2D eigenvalue weighted by Gasteiger charge is 2.31. The number of benzene rings is 1. The Morgan fingerprint density at radius 2 is 2.21 bits per heavy atom. The summed E-state index contributed by atoms with van der Waals surface area (Å²) < 4.78 is 27.1. The SMILES string of the molecule is N#CC1CCCN(S(=O)(=O)c2ccc(Br)cc2Cl)C1. The van der Waals surface area contributed by atoms with E-state index in [4.69, 9.17) is 16.9 Å². The minimum atomic E-state index is -3.62. The van der Waals surface area contributed by atoms with E-state index in [1.165, 1.54) is 10.4 Å². The summed E-state index contributed by atoms with van der Waals surface area (Å²) in [4.78, 5) is 0.0935. The van der Waals surface area contributed by atoms with Gasteiger partial charge in [-0.2, -0.15) is 9.57 Å². The molecule has 1 saturated heterocycles. The molecule has 0 saturated carbocycles. The Bertz CT molecular complexity index is 627. The topological polar surface area (TPSA) is 61.2 Å². The molecular formula is C12H12BrClN2O2S. The molecule has 0 aromatic heterocycles. The molecule has 0 aliphatic carbocycles. The molecule has 7 heteroatoms. The van der Waals surface area contributed by atoms with E-state index in [-0.39, 0.29) is 22.4 Å². The summed E-state index contributed by atoms with van der Waals surface area (Å²) in [5, 5.41) is 9.12. The van der Waals surface area contributed by atoms with E-state index in [0.717, 1.165) is 10.9 Å². The van der Waals surface area contributed by atoms with Gasteiger partial charge >= 0.3 is 0 Å². The molecule has 1 atom stereocenters. The van der Waals surface area contributed by atoms with Crippen molar-refractivity contribution in [2.45, 2.75) is 17.7 Å². The van der Waals surface area contributed by atoms with E-state index in [1.54, 1.807) is 12.1 Å². The molecule has 1 aromatic rings. The summed E-state index contributed by atoms with van der Waals surface area (Å²) in [5.74, 6) is -0.238. The molecule has 0 bridgehead atoms. The second kappa shape index (κ2) is 5.80. The third-order valence-electron chi connectivity index (χ3n) is 3.08. The van der Waals surface area contributed by atoms with Crippen molar-refractivity contribution in [2.24, 2.45) is 5.92 Å². The average Bonchev–Trinajstić information content (AvgIpc) is 2.38. The molecule has 1 unspecified atom stereocenters. The van der Waals surface area contributed by atoms with Gasteiger partial charge in [-0.1, -0.05) is 27.5 Å². The van der Waals surface area contributed by atoms with Crippen LogP contribution in [0.4, 0.5) is 0 Å². The number of halogens is 2. The van der Waals surface area contributed by atoms with Gasteiger partial charge in [0, 0.05) is 17.6 Å². The summed E-state index contributed by atoms with van der Waals surface area (Å²) in [6, 6.07) is 6.82.